The lowest BCUT2D eigenvalue weighted by molar-refractivity contribution is 0.322. The molecule has 24 heavy (non-hydrogen) atoms. The molecule has 124 valence electrons. The number of hydrogen-bond acceptors (Lipinski definition) is 6. The smallest absolute Gasteiger partial charge is 0.196 e. The van der Waals surface area contributed by atoms with Crippen LogP contribution in [0.25, 0.3) is 22.4 Å². The van der Waals surface area contributed by atoms with E-state index in [1.807, 2.05) is 31.2 Å². The Labute approximate surface area is 144 Å². The Morgan fingerprint density at radius 2 is 2.12 bits per heavy atom. The van der Waals surface area contributed by atoms with Crippen LogP contribution >= 0.6 is 11.8 Å². The molecule has 2 aromatic heterocycles. The van der Waals surface area contributed by atoms with Crippen LogP contribution in [0.2, 0.25) is 0 Å². The molecule has 3 heterocycles. The maximum atomic E-state index is 9.16. The molecule has 0 atom stereocenters. The van der Waals surface area contributed by atoms with Crippen molar-refractivity contribution >= 4 is 22.7 Å². The van der Waals surface area contributed by atoms with Crippen LogP contribution in [0.4, 0.5) is 0 Å². The molecular weight excluding hydrogens is 324 g/mol. The Hall–Kier alpha value is -2.05. The van der Waals surface area contributed by atoms with E-state index in [0.29, 0.717) is 18.1 Å². The molecular formula is C18H18N2O3S. The summed E-state index contributed by atoms with van der Waals surface area (Å²) < 4.78 is 12.1. The van der Waals surface area contributed by atoms with E-state index in [-0.39, 0.29) is 6.61 Å². The van der Waals surface area contributed by atoms with Crippen LogP contribution in [-0.2, 0) is 12.8 Å². The van der Waals surface area contributed by atoms with Gasteiger partial charge in [0.1, 0.15) is 22.1 Å². The molecule has 4 rings (SSSR count). The van der Waals surface area contributed by atoms with E-state index in [1.165, 1.54) is 0 Å². The Morgan fingerprint density at radius 1 is 1.25 bits per heavy atom. The molecule has 3 aromatic rings. The van der Waals surface area contributed by atoms with Gasteiger partial charge in [0.05, 0.1) is 18.6 Å². The number of thioether (sulfide) groups is 1. The maximum absolute atomic E-state index is 9.16. The molecule has 1 aliphatic heterocycles. The summed E-state index contributed by atoms with van der Waals surface area (Å²) in [7, 11) is 0. The molecule has 0 amide bonds. The first-order valence-corrected chi connectivity index (χ1v) is 9.08. The van der Waals surface area contributed by atoms with E-state index in [4.69, 9.17) is 19.2 Å². The number of aliphatic hydroxyl groups is 1. The van der Waals surface area contributed by atoms with Gasteiger partial charge < -0.3 is 14.3 Å². The van der Waals surface area contributed by atoms with E-state index in [1.54, 1.807) is 11.8 Å². The number of aryl methyl sites for hydroxylation is 1. The number of hydrogen-bond donors (Lipinski definition) is 1. The van der Waals surface area contributed by atoms with Gasteiger partial charge in [0.2, 0.25) is 0 Å². The Bertz CT molecular complexity index is 891. The second kappa shape index (κ2) is 6.45. The largest absolute Gasteiger partial charge is 0.488 e. The lowest BCUT2D eigenvalue weighted by atomic mass is 10.1. The van der Waals surface area contributed by atoms with Crippen molar-refractivity contribution in [2.75, 3.05) is 19.0 Å². The Kier molecular flexibility index (Phi) is 4.16. The van der Waals surface area contributed by atoms with Crippen LogP contribution in [0.5, 0.6) is 5.75 Å². The summed E-state index contributed by atoms with van der Waals surface area (Å²) in [4.78, 5) is 9.39. The predicted octanol–water partition coefficient (Wildman–Crippen LogP) is 3.47. The summed E-state index contributed by atoms with van der Waals surface area (Å²) in [5.41, 5.74) is 2.67. The van der Waals surface area contributed by atoms with Crippen LogP contribution in [0.1, 0.15) is 18.3 Å². The van der Waals surface area contributed by atoms with E-state index in [9.17, 15) is 0 Å². The number of rotatable bonds is 4. The Balaban J connectivity index is 1.95. The van der Waals surface area contributed by atoms with Gasteiger partial charge in [-0.3, -0.25) is 0 Å². The summed E-state index contributed by atoms with van der Waals surface area (Å²) in [5.74, 6) is 2.85. The first-order valence-electron chi connectivity index (χ1n) is 8.10. The van der Waals surface area contributed by atoms with E-state index < -0.39 is 0 Å². The Morgan fingerprint density at radius 3 is 2.96 bits per heavy atom. The summed E-state index contributed by atoms with van der Waals surface area (Å²) in [6.45, 7) is 2.72. The van der Waals surface area contributed by atoms with Crippen molar-refractivity contribution in [3.05, 3.63) is 35.7 Å². The van der Waals surface area contributed by atoms with Crippen molar-refractivity contribution < 1.29 is 14.3 Å². The lowest BCUT2D eigenvalue weighted by Gasteiger charge is -2.11. The number of ether oxygens (including phenoxy) is 1. The molecule has 6 heteroatoms. The number of benzene rings is 1. The SMILES string of the molecule is CCc1nc(SCCO)c2c(n1)-c1oc3ccccc3c1OCC2. The van der Waals surface area contributed by atoms with Gasteiger partial charge >= 0.3 is 0 Å². The van der Waals surface area contributed by atoms with E-state index in [2.05, 4.69) is 4.98 Å². The fourth-order valence-corrected chi connectivity index (χ4v) is 3.74. The molecule has 1 aromatic carbocycles. The summed E-state index contributed by atoms with van der Waals surface area (Å²) in [5, 5.41) is 11.1. The van der Waals surface area contributed by atoms with E-state index in [0.717, 1.165) is 51.7 Å². The molecule has 0 aliphatic carbocycles. The molecule has 0 unspecified atom stereocenters. The number of aromatic nitrogens is 2. The fourth-order valence-electron chi connectivity index (χ4n) is 2.92. The number of nitrogens with zero attached hydrogens (tertiary/aromatic N) is 2. The third-order valence-corrected chi connectivity index (χ3v) is 5.02. The summed E-state index contributed by atoms with van der Waals surface area (Å²) in [6.07, 6.45) is 1.47. The molecule has 5 nitrogen and oxygen atoms in total. The maximum Gasteiger partial charge on any atom is 0.196 e. The van der Waals surface area contributed by atoms with Crippen molar-refractivity contribution in [2.45, 2.75) is 24.8 Å². The lowest BCUT2D eigenvalue weighted by Crippen LogP contribution is -2.06. The van der Waals surface area contributed by atoms with Crippen LogP contribution in [0.3, 0.4) is 0 Å². The average molecular weight is 342 g/mol. The first kappa shape index (κ1) is 15.5. The van der Waals surface area contributed by atoms with Crippen LogP contribution in [0.15, 0.2) is 33.7 Å². The minimum Gasteiger partial charge on any atom is -0.488 e. The topological polar surface area (TPSA) is 68.4 Å². The van der Waals surface area contributed by atoms with Crippen LogP contribution < -0.4 is 4.74 Å². The minimum absolute atomic E-state index is 0.122. The number of aliphatic hydroxyl groups excluding tert-OH is 1. The molecule has 0 fully saturated rings. The van der Waals surface area contributed by atoms with E-state index >= 15 is 0 Å². The second-order valence-electron chi connectivity index (χ2n) is 5.55. The van der Waals surface area contributed by atoms with Gasteiger partial charge in [-0.15, -0.1) is 11.8 Å². The molecule has 1 aliphatic rings. The zero-order valence-electron chi connectivity index (χ0n) is 13.4. The van der Waals surface area contributed by atoms with Gasteiger partial charge in [-0.1, -0.05) is 19.1 Å². The van der Waals surface area contributed by atoms with Crippen molar-refractivity contribution in [1.29, 1.82) is 0 Å². The molecule has 1 N–H and O–H groups in total. The monoisotopic (exact) mass is 342 g/mol. The van der Waals surface area contributed by atoms with Crippen LogP contribution in [0, 0.1) is 0 Å². The first-order chi connectivity index (χ1) is 11.8. The van der Waals surface area contributed by atoms with Crippen molar-refractivity contribution in [1.82, 2.24) is 9.97 Å². The van der Waals surface area contributed by atoms with Gasteiger partial charge in [-0.05, 0) is 12.1 Å². The highest BCUT2D eigenvalue weighted by Crippen LogP contribution is 2.43. The third kappa shape index (κ3) is 2.56. The third-order valence-electron chi connectivity index (χ3n) is 4.03. The predicted molar refractivity (Wildman–Crippen MR) is 93.6 cm³/mol. The van der Waals surface area contributed by atoms with Gasteiger partial charge in [0, 0.05) is 24.2 Å². The van der Waals surface area contributed by atoms with Gasteiger partial charge in [0.25, 0.3) is 0 Å². The van der Waals surface area contributed by atoms with Gasteiger partial charge in [-0.25, -0.2) is 9.97 Å². The van der Waals surface area contributed by atoms with Crippen molar-refractivity contribution in [2.24, 2.45) is 0 Å². The molecule has 0 bridgehead atoms. The van der Waals surface area contributed by atoms with Gasteiger partial charge in [-0.2, -0.15) is 0 Å². The standard InChI is InChI=1S/C18H18N2O3S/c1-2-14-19-15-12(18(20-14)24-10-8-21)7-9-22-16-11-5-3-4-6-13(11)23-17(15)16/h3-6,21H,2,7-10H2,1H3. The summed E-state index contributed by atoms with van der Waals surface area (Å²) >= 11 is 1.56. The number of fused-ring (bicyclic) bond motifs is 5. The highest BCUT2D eigenvalue weighted by molar-refractivity contribution is 7.99. The molecule has 0 saturated carbocycles. The van der Waals surface area contributed by atoms with Gasteiger partial charge in [0.15, 0.2) is 11.5 Å². The second-order valence-corrected chi connectivity index (χ2v) is 6.64. The zero-order chi connectivity index (χ0) is 16.5. The highest BCUT2D eigenvalue weighted by Gasteiger charge is 2.27. The average Bonchev–Trinajstić information content (AvgIpc) is 2.89. The zero-order valence-corrected chi connectivity index (χ0v) is 14.2. The summed E-state index contributed by atoms with van der Waals surface area (Å²) in [6, 6.07) is 7.88. The minimum atomic E-state index is 0.122. The fraction of sp³-hybridized carbons (Fsp3) is 0.333. The highest BCUT2D eigenvalue weighted by atomic mass is 32.2. The number of para-hydroxylation sites is 1. The molecule has 0 radical (unpaired) electrons. The molecule has 0 spiro atoms. The quantitative estimate of drug-likeness (QED) is 0.578. The number of furan rings is 1. The van der Waals surface area contributed by atoms with Crippen molar-refractivity contribution in [3.63, 3.8) is 0 Å². The normalized spacial score (nSPS) is 13.2. The van der Waals surface area contributed by atoms with Crippen LogP contribution in [-0.4, -0.2) is 34.0 Å². The molecule has 0 saturated heterocycles. The van der Waals surface area contributed by atoms with Crippen molar-refractivity contribution in [3.8, 4) is 17.2 Å².